The lowest BCUT2D eigenvalue weighted by molar-refractivity contribution is 0.262. The minimum absolute atomic E-state index is 0.393. The van der Waals surface area contributed by atoms with Crippen molar-refractivity contribution >= 4 is 23.2 Å². The molecule has 1 aromatic carbocycles. The van der Waals surface area contributed by atoms with Crippen molar-refractivity contribution in [1.29, 1.82) is 0 Å². The Morgan fingerprint density at radius 1 is 1.11 bits per heavy atom. The van der Waals surface area contributed by atoms with Gasteiger partial charge in [0, 0.05) is 12.1 Å². The van der Waals surface area contributed by atoms with Crippen molar-refractivity contribution in [2.75, 3.05) is 6.54 Å². The summed E-state index contributed by atoms with van der Waals surface area (Å²) >= 11 is 12.2. The van der Waals surface area contributed by atoms with Crippen LogP contribution in [0.25, 0.3) is 0 Å². The van der Waals surface area contributed by atoms with Crippen molar-refractivity contribution in [2.24, 2.45) is 0 Å². The van der Waals surface area contributed by atoms with Gasteiger partial charge in [-0.2, -0.15) is 0 Å². The van der Waals surface area contributed by atoms with Crippen LogP contribution in [0.5, 0.6) is 0 Å². The molecule has 1 N–H and O–H groups in total. The lowest BCUT2D eigenvalue weighted by Crippen LogP contribution is -2.41. The van der Waals surface area contributed by atoms with E-state index < -0.39 is 4.84 Å². The zero-order valence-corrected chi connectivity index (χ0v) is 12.7. The van der Waals surface area contributed by atoms with E-state index in [4.69, 9.17) is 23.2 Å². The van der Waals surface area contributed by atoms with Crippen LogP contribution in [0, 0.1) is 0 Å². The van der Waals surface area contributed by atoms with Crippen molar-refractivity contribution in [3.8, 4) is 0 Å². The first-order chi connectivity index (χ1) is 9.20. The Labute approximate surface area is 125 Å². The highest BCUT2D eigenvalue weighted by molar-refractivity contribution is 6.44. The summed E-state index contributed by atoms with van der Waals surface area (Å²) in [5.74, 6) is 0.564. The lowest BCUT2D eigenvalue weighted by Gasteiger charge is -2.34. The summed E-state index contributed by atoms with van der Waals surface area (Å²) in [6, 6.07) is 8.38. The first-order valence-electron chi connectivity index (χ1n) is 7.32. The van der Waals surface area contributed by atoms with Gasteiger partial charge in [0.05, 0.1) is 0 Å². The largest absolute Gasteiger partial charge is 0.311 e. The first-order valence-corrected chi connectivity index (χ1v) is 8.19. The Kier molecular flexibility index (Phi) is 4.07. The molecule has 19 heavy (non-hydrogen) atoms. The minimum atomic E-state index is -0.417. The van der Waals surface area contributed by atoms with Gasteiger partial charge in [-0.05, 0) is 36.3 Å². The van der Waals surface area contributed by atoms with Crippen LogP contribution in [-0.4, -0.2) is 12.1 Å². The monoisotopic (exact) mass is 297 g/mol. The van der Waals surface area contributed by atoms with Gasteiger partial charge >= 0.3 is 0 Å². The summed E-state index contributed by atoms with van der Waals surface area (Å²) < 4.78 is 0. The summed E-state index contributed by atoms with van der Waals surface area (Å²) in [5.41, 5.74) is 2.82. The predicted molar refractivity (Wildman–Crippen MR) is 82.1 cm³/mol. The Bertz CT molecular complexity index is 438. The molecule has 0 aromatic heterocycles. The fourth-order valence-corrected chi connectivity index (χ4v) is 4.26. The number of rotatable bonds is 2. The maximum Gasteiger partial charge on any atom is 0.133 e. The molecule has 3 heteroatoms. The highest BCUT2D eigenvalue weighted by Gasteiger charge is 2.40. The third-order valence-electron chi connectivity index (χ3n) is 4.84. The number of halogens is 2. The lowest BCUT2D eigenvalue weighted by atomic mass is 9.77. The quantitative estimate of drug-likeness (QED) is 0.762. The van der Waals surface area contributed by atoms with E-state index in [1.165, 1.54) is 44.1 Å². The molecule has 1 atom stereocenters. The van der Waals surface area contributed by atoms with E-state index >= 15 is 0 Å². The summed E-state index contributed by atoms with van der Waals surface area (Å²) in [7, 11) is 0. The van der Waals surface area contributed by atoms with E-state index in [1.54, 1.807) is 0 Å². The number of nitrogens with one attached hydrogen (secondary N) is 1. The van der Waals surface area contributed by atoms with E-state index in [9.17, 15) is 0 Å². The highest BCUT2D eigenvalue weighted by atomic mass is 35.5. The zero-order valence-electron chi connectivity index (χ0n) is 11.2. The minimum Gasteiger partial charge on any atom is -0.311 e. The number of hydrogen-bond acceptors (Lipinski definition) is 1. The van der Waals surface area contributed by atoms with E-state index in [0.29, 0.717) is 11.5 Å². The van der Waals surface area contributed by atoms with Crippen molar-refractivity contribution in [3.05, 3.63) is 35.4 Å². The van der Waals surface area contributed by atoms with Crippen LogP contribution in [0.3, 0.4) is 0 Å². The molecule has 0 radical (unpaired) electrons. The van der Waals surface area contributed by atoms with E-state index in [1.807, 2.05) is 6.07 Å². The fraction of sp³-hybridized carbons (Fsp3) is 0.625. The molecular formula is C16H21Cl2N. The second kappa shape index (κ2) is 5.63. The Balaban J connectivity index is 1.81. The number of alkyl halides is 2. The predicted octanol–water partition coefficient (Wildman–Crippen LogP) is 4.94. The van der Waals surface area contributed by atoms with Crippen LogP contribution in [0.15, 0.2) is 24.3 Å². The van der Waals surface area contributed by atoms with Gasteiger partial charge in [-0.1, -0.05) is 43.5 Å². The molecule has 2 fully saturated rings. The van der Waals surface area contributed by atoms with E-state index in [-0.39, 0.29) is 0 Å². The third-order valence-corrected chi connectivity index (χ3v) is 5.31. The fourth-order valence-electron chi connectivity index (χ4n) is 3.87. The SMILES string of the molecule is ClC(Cl)c1ccccc1C1CNC2(CCCCC2)C1. The number of benzene rings is 1. The van der Waals surface area contributed by atoms with E-state index in [0.717, 1.165) is 12.1 Å². The smallest absolute Gasteiger partial charge is 0.133 e. The topological polar surface area (TPSA) is 12.0 Å². The van der Waals surface area contributed by atoms with Crippen LogP contribution in [-0.2, 0) is 0 Å². The van der Waals surface area contributed by atoms with Gasteiger partial charge in [0.25, 0.3) is 0 Å². The Hall–Kier alpha value is -0.240. The first kappa shape index (κ1) is 13.7. The molecule has 1 saturated carbocycles. The van der Waals surface area contributed by atoms with Gasteiger partial charge in [0.1, 0.15) is 4.84 Å². The number of hydrogen-bond donors (Lipinski definition) is 1. The van der Waals surface area contributed by atoms with Crippen LogP contribution < -0.4 is 5.32 Å². The normalized spacial score (nSPS) is 26.2. The zero-order chi connectivity index (χ0) is 13.3. The van der Waals surface area contributed by atoms with Crippen molar-refractivity contribution < 1.29 is 0 Å². The van der Waals surface area contributed by atoms with Crippen LogP contribution in [0.4, 0.5) is 0 Å². The van der Waals surface area contributed by atoms with Crippen LogP contribution in [0.2, 0.25) is 0 Å². The molecule has 0 bridgehead atoms. The van der Waals surface area contributed by atoms with Crippen molar-refractivity contribution in [3.63, 3.8) is 0 Å². The molecule has 104 valence electrons. The van der Waals surface area contributed by atoms with Gasteiger partial charge in [-0.25, -0.2) is 0 Å². The summed E-state index contributed by atoms with van der Waals surface area (Å²) in [6.45, 7) is 1.07. The molecule has 1 unspecified atom stereocenters. The molecule has 3 rings (SSSR count). The second-order valence-corrected chi connectivity index (χ2v) is 7.15. The van der Waals surface area contributed by atoms with Gasteiger partial charge in [-0.3, -0.25) is 0 Å². The molecule has 1 saturated heterocycles. The molecule has 1 heterocycles. The van der Waals surface area contributed by atoms with Crippen LogP contribution in [0.1, 0.15) is 60.4 Å². The molecule has 1 spiro atoms. The standard InChI is InChI=1S/C16H21Cl2N/c17-15(18)14-7-3-2-6-13(14)12-10-16(19-11-12)8-4-1-5-9-16/h2-3,6-7,12,15,19H,1,4-5,8-11H2. The molecule has 2 aliphatic rings. The second-order valence-electron chi connectivity index (χ2n) is 6.05. The summed E-state index contributed by atoms with van der Waals surface area (Å²) in [5, 5.41) is 3.80. The van der Waals surface area contributed by atoms with Crippen molar-refractivity contribution in [2.45, 2.75) is 54.8 Å². The van der Waals surface area contributed by atoms with Gasteiger partial charge < -0.3 is 5.32 Å². The molecule has 1 aliphatic heterocycles. The van der Waals surface area contributed by atoms with Gasteiger partial charge in [0.2, 0.25) is 0 Å². The maximum absolute atomic E-state index is 6.11. The Morgan fingerprint density at radius 3 is 2.58 bits per heavy atom. The summed E-state index contributed by atoms with van der Waals surface area (Å²) in [6.07, 6.45) is 8.04. The maximum atomic E-state index is 6.11. The average molecular weight is 298 g/mol. The Morgan fingerprint density at radius 2 is 1.84 bits per heavy atom. The van der Waals surface area contributed by atoms with Gasteiger partial charge in [-0.15, -0.1) is 23.2 Å². The highest BCUT2D eigenvalue weighted by Crippen LogP contribution is 2.43. The molecule has 1 nitrogen and oxygen atoms in total. The molecule has 0 amide bonds. The van der Waals surface area contributed by atoms with Crippen LogP contribution >= 0.6 is 23.2 Å². The van der Waals surface area contributed by atoms with E-state index in [2.05, 4.69) is 23.5 Å². The molecular weight excluding hydrogens is 277 g/mol. The molecule has 1 aromatic rings. The third kappa shape index (κ3) is 2.79. The van der Waals surface area contributed by atoms with Crippen molar-refractivity contribution in [1.82, 2.24) is 5.32 Å². The van der Waals surface area contributed by atoms with Gasteiger partial charge in [0.15, 0.2) is 0 Å². The average Bonchev–Trinajstić information content (AvgIpc) is 2.83. The summed E-state index contributed by atoms with van der Waals surface area (Å²) in [4.78, 5) is -0.417. The molecule has 1 aliphatic carbocycles.